The van der Waals surface area contributed by atoms with Gasteiger partial charge in [0.2, 0.25) is 0 Å². The molecule has 0 aliphatic heterocycles. The Morgan fingerprint density at radius 3 is 2.48 bits per heavy atom. The van der Waals surface area contributed by atoms with E-state index >= 15 is 0 Å². The van der Waals surface area contributed by atoms with Gasteiger partial charge in [-0.15, -0.1) is 0 Å². The van der Waals surface area contributed by atoms with Crippen LogP contribution in [0.5, 0.6) is 5.75 Å². The molecule has 128 valence electrons. The standard InChI is InChI=1S/C17H27N3O3/c1-13(2)19-17(22)12-20(3)11-16(21)18-10-9-14-7-5-6-8-15(14)23-4/h5-8,13H,9-12H2,1-4H3,(H,18,21)(H,19,22)/p+1. The third-order valence-electron chi connectivity index (χ3n) is 3.28. The average Bonchev–Trinajstić information content (AvgIpc) is 2.46. The van der Waals surface area contributed by atoms with Gasteiger partial charge in [-0.25, -0.2) is 0 Å². The van der Waals surface area contributed by atoms with Crippen LogP contribution in [0.3, 0.4) is 0 Å². The summed E-state index contributed by atoms with van der Waals surface area (Å²) in [6.45, 7) is 4.94. The molecule has 1 aromatic carbocycles. The highest BCUT2D eigenvalue weighted by molar-refractivity contribution is 5.79. The Morgan fingerprint density at radius 1 is 1.17 bits per heavy atom. The number of ether oxygens (including phenoxy) is 1. The third kappa shape index (κ3) is 7.65. The van der Waals surface area contributed by atoms with Crippen LogP contribution in [0, 0.1) is 0 Å². The van der Waals surface area contributed by atoms with Crippen molar-refractivity contribution in [1.82, 2.24) is 10.6 Å². The Bertz CT molecular complexity index is 518. The lowest BCUT2D eigenvalue weighted by molar-refractivity contribution is -0.862. The van der Waals surface area contributed by atoms with E-state index in [-0.39, 0.29) is 30.9 Å². The monoisotopic (exact) mass is 322 g/mol. The first-order valence-electron chi connectivity index (χ1n) is 7.91. The fraction of sp³-hybridized carbons (Fsp3) is 0.529. The minimum atomic E-state index is -0.0604. The van der Waals surface area contributed by atoms with E-state index in [9.17, 15) is 9.59 Å². The first kappa shape index (κ1) is 19.0. The molecule has 0 radical (unpaired) electrons. The zero-order valence-corrected chi connectivity index (χ0v) is 14.4. The van der Waals surface area contributed by atoms with Crippen molar-refractivity contribution in [2.75, 3.05) is 33.8 Å². The predicted molar refractivity (Wildman–Crippen MR) is 89.6 cm³/mol. The summed E-state index contributed by atoms with van der Waals surface area (Å²) in [5, 5.41) is 5.70. The second kappa shape index (κ2) is 9.84. The number of benzene rings is 1. The van der Waals surface area contributed by atoms with E-state index in [1.807, 2.05) is 45.2 Å². The SMILES string of the molecule is COc1ccccc1CCNC(=O)C[NH+](C)CC(=O)NC(C)C. The number of nitrogens with one attached hydrogen (secondary N) is 3. The Labute approximate surface area is 138 Å². The van der Waals surface area contributed by atoms with Crippen molar-refractivity contribution in [3.05, 3.63) is 29.8 Å². The topological polar surface area (TPSA) is 71.9 Å². The van der Waals surface area contributed by atoms with E-state index in [2.05, 4.69) is 10.6 Å². The van der Waals surface area contributed by atoms with Gasteiger partial charge in [-0.3, -0.25) is 9.59 Å². The first-order chi connectivity index (χ1) is 10.9. The third-order valence-corrected chi connectivity index (χ3v) is 3.28. The number of carbonyl (C=O) groups excluding carboxylic acids is 2. The Hall–Kier alpha value is -2.08. The lowest BCUT2D eigenvalue weighted by atomic mass is 10.1. The van der Waals surface area contributed by atoms with Gasteiger partial charge < -0.3 is 20.3 Å². The maximum absolute atomic E-state index is 11.9. The van der Waals surface area contributed by atoms with E-state index in [1.165, 1.54) is 0 Å². The molecule has 0 saturated carbocycles. The van der Waals surface area contributed by atoms with E-state index in [0.29, 0.717) is 13.0 Å². The Kier molecular flexibility index (Phi) is 8.11. The van der Waals surface area contributed by atoms with Crippen molar-refractivity contribution in [3.63, 3.8) is 0 Å². The zero-order valence-electron chi connectivity index (χ0n) is 14.4. The van der Waals surface area contributed by atoms with Gasteiger partial charge in [0.15, 0.2) is 13.1 Å². The van der Waals surface area contributed by atoms with Crippen molar-refractivity contribution in [2.45, 2.75) is 26.3 Å². The number of likely N-dealkylation sites (N-methyl/N-ethyl adjacent to an activating group) is 1. The minimum Gasteiger partial charge on any atom is -0.496 e. The highest BCUT2D eigenvalue weighted by Gasteiger charge is 2.14. The molecule has 0 fully saturated rings. The van der Waals surface area contributed by atoms with E-state index in [0.717, 1.165) is 16.2 Å². The minimum absolute atomic E-state index is 0.0423. The lowest BCUT2D eigenvalue weighted by Crippen LogP contribution is -3.11. The van der Waals surface area contributed by atoms with Gasteiger partial charge in [0, 0.05) is 12.6 Å². The van der Waals surface area contributed by atoms with Gasteiger partial charge in [-0.2, -0.15) is 0 Å². The summed E-state index contributed by atoms with van der Waals surface area (Å²) in [5.41, 5.74) is 1.06. The predicted octanol–water partition coefficient (Wildman–Crippen LogP) is -0.607. The molecule has 0 aromatic heterocycles. The van der Waals surface area contributed by atoms with Gasteiger partial charge in [0.05, 0.1) is 14.2 Å². The van der Waals surface area contributed by atoms with Crippen LogP contribution < -0.4 is 20.3 Å². The van der Waals surface area contributed by atoms with Gasteiger partial charge in [0.1, 0.15) is 5.75 Å². The highest BCUT2D eigenvalue weighted by atomic mass is 16.5. The van der Waals surface area contributed by atoms with Crippen molar-refractivity contribution in [2.24, 2.45) is 0 Å². The van der Waals surface area contributed by atoms with Crippen molar-refractivity contribution in [3.8, 4) is 5.75 Å². The van der Waals surface area contributed by atoms with Crippen LogP contribution in [0.1, 0.15) is 19.4 Å². The van der Waals surface area contributed by atoms with Crippen LogP contribution in [0.4, 0.5) is 0 Å². The molecule has 1 atom stereocenters. The maximum atomic E-state index is 11.9. The Morgan fingerprint density at radius 2 is 1.83 bits per heavy atom. The molecule has 23 heavy (non-hydrogen) atoms. The molecule has 0 aliphatic rings. The summed E-state index contributed by atoms with van der Waals surface area (Å²) in [6.07, 6.45) is 0.711. The first-order valence-corrected chi connectivity index (χ1v) is 7.91. The molecular weight excluding hydrogens is 294 g/mol. The number of amides is 2. The molecule has 1 rings (SSSR count). The van der Waals surface area contributed by atoms with Crippen molar-refractivity contribution >= 4 is 11.8 Å². The van der Waals surface area contributed by atoms with E-state index in [1.54, 1.807) is 7.11 Å². The molecule has 6 heteroatoms. The molecule has 6 nitrogen and oxygen atoms in total. The summed E-state index contributed by atoms with van der Waals surface area (Å²) in [6, 6.07) is 7.87. The zero-order chi connectivity index (χ0) is 17.2. The van der Waals surface area contributed by atoms with Crippen molar-refractivity contribution < 1.29 is 19.2 Å². The molecular formula is C17H28N3O3+. The second-order valence-electron chi connectivity index (χ2n) is 5.94. The average molecular weight is 322 g/mol. The molecule has 2 amide bonds. The number of carbonyl (C=O) groups is 2. The van der Waals surface area contributed by atoms with Gasteiger partial charge in [-0.1, -0.05) is 18.2 Å². The van der Waals surface area contributed by atoms with Crippen LogP contribution >= 0.6 is 0 Å². The lowest BCUT2D eigenvalue weighted by Gasteiger charge is -2.15. The van der Waals surface area contributed by atoms with Crippen LogP contribution in [-0.4, -0.2) is 51.6 Å². The number of methoxy groups -OCH3 is 1. The number of quaternary nitrogens is 1. The van der Waals surface area contributed by atoms with Crippen LogP contribution in [0.25, 0.3) is 0 Å². The normalized spacial score (nSPS) is 11.9. The van der Waals surface area contributed by atoms with Crippen molar-refractivity contribution in [1.29, 1.82) is 0 Å². The summed E-state index contributed by atoms with van der Waals surface area (Å²) >= 11 is 0. The van der Waals surface area contributed by atoms with Gasteiger partial charge in [0.25, 0.3) is 11.8 Å². The van der Waals surface area contributed by atoms with E-state index < -0.39 is 0 Å². The number of para-hydroxylation sites is 1. The molecule has 1 aromatic rings. The molecule has 0 heterocycles. The second-order valence-corrected chi connectivity index (χ2v) is 5.94. The quantitative estimate of drug-likeness (QED) is 0.568. The smallest absolute Gasteiger partial charge is 0.275 e. The molecule has 0 aliphatic carbocycles. The summed E-state index contributed by atoms with van der Waals surface area (Å²) < 4.78 is 5.28. The van der Waals surface area contributed by atoms with Crippen LogP contribution in [-0.2, 0) is 16.0 Å². The maximum Gasteiger partial charge on any atom is 0.275 e. The molecule has 0 spiro atoms. The van der Waals surface area contributed by atoms with Crippen LogP contribution in [0.15, 0.2) is 24.3 Å². The summed E-state index contributed by atoms with van der Waals surface area (Å²) in [5.74, 6) is 0.726. The number of hydrogen-bond acceptors (Lipinski definition) is 3. The fourth-order valence-electron chi connectivity index (χ4n) is 2.29. The fourth-order valence-corrected chi connectivity index (χ4v) is 2.29. The molecule has 1 unspecified atom stereocenters. The highest BCUT2D eigenvalue weighted by Crippen LogP contribution is 2.16. The molecule has 3 N–H and O–H groups in total. The summed E-state index contributed by atoms with van der Waals surface area (Å²) in [4.78, 5) is 24.4. The molecule has 0 saturated heterocycles. The number of hydrogen-bond donors (Lipinski definition) is 3. The Balaban J connectivity index is 2.30. The van der Waals surface area contributed by atoms with E-state index in [4.69, 9.17) is 4.74 Å². The van der Waals surface area contributed by atoms with Crippen LogP contribution in [0.2, 0.25) is 0 Å². The van der Waals surface area contributed by atoms with Gasteiger partial charge in [-0.05, 0) is 31.9 Å². The molecule has 0 bridgehead atoms. The summed E-state index contributed by atoms with van der Waals surface area (Å²) in [7, 11) is 3.47. The number of rotatable bonds is 9. The largest absolute Gasteiger partial charge is 0.496 e. The van der Waals surface area contributed by atoms with Gasteiger partial charge >= 0.3 is 0 Å².